The minimum absolute atomic E-state index is 0.102. The van der Waals surface area contributed by atoms with Crippen LogP contribution >= 0.6 is 10.9 Å². The molecule has 1 atom stereocenters. The summed E-state index contributed by atoms with van der Waals surface area (Å²) >= 11 is 0. The van der Waals surface area contributed by atoms with E-state index in [4.69, 9.17) is 9.11 Å². The highest BCUT2D eigenvalue weighted by Crippen LogP contribution is 2.46. The van der Waals surface area contributed by atoms with Crippen LogP contribution in [0.15, 0.2) is 0 Å². The first kappa shape index (κ1) is 10.2. The molecule has 0 aromatic rings. The molecule has 1 saturated heterocycles. The van der Waals surface area contributed by atoms with Gasteiger partial charge >= 0.3 is 0 Å². The summed E-state index contributed by atoms with van der Waals surface area (Å²) in [5.74, 6) is -0.180. The van der Waals surface area contributed by atoms with Crippen LogP contribution in [0.1, 0.15) is 0 Å². The van der Waals surface area contributed by atoms with Crippen molar-refractivity contribution in [3.63, 3.8) is 0 Å². The van der Waals surface area contributed by atoms with Crippen molar-refractivity contribution in [1.82, 2.24) is 0 Å². The van der Waals surface area contributed by atoms with Crippen LogP contribution in [0, 0.1) is 0 Å². The zero-order valence-electron chi connectivity index (χ0n) is 6.34. The molecule has 1 rings (SSSR count). The van der Waals surface area contributed by atoms with Crippen LogP contribution < -0.4 is 0 Å². The zero-order chi connectivity index (χ0) is 9.41. The Labute approximate surface area is 72.2 Å². The first-order valence-corrected chi connectivity index (χ1v) is 6.53. The predicted molar refractivity (Wildman–Crippen MR) is 43.4 cm³/mol. The molecule has 1 fully saturated rings. The van der Waals surface area contributed by atoms with E-state index in [2.05, 4.69) is 8.37 Å². The number of hydrogen-bond donors (Lipinski definition) is 2. The van der Waals surface area contributed by atoms with Crippen LogP contribution in [0.3, 0.4) is 0 Å². The molecule has 0 aromatic carbocycles. The first-order chi connectivity index (χ1) is 5.29. The SMILES string of the molecule is CS(=O)(=O)OC1COS(O)(O)C1. The topological polar surface area (TPSA) is 93.1 Å². The van der Waals surface area contributed by atoms with Gasteiger partial charge in [-0.3, -0.25) is 8.37 Å². The van der Waals surface area contributed by atoms with Crippen LogP contribution in [0.2, 0.25) is 0 Å². The third kappa shape index (κ3) is 3.25. The summed E-state index contributed by atoms with van der Waals surface area (Å²) in [5, 5.41) is 0. The van der Waals surface area contributed by atoms with Gasteiger partial charge in [-0.15, -0.1) is 0 Å². The fraction of sp³-hybridized carbons (Fsp3) is 1.00. The molecule has 0 saturated carbocycles. The summed E-state index contributed by atoms with van der Waals surface area (Å²) in [7, 11) is -6.60. The van der Waals surface area contributed by atoms with E-state index in [9.17, 15) is 8.42 Å². The van der Waals surface area contributed by atoms with Crippen LogP contribution in [0.4, 0.5) is 0 Å². The van der Waals surface area contributed by atoms with E-state index in [1.54, 1.807) is 0 Å². The third-order valence-corrected chi connectivity index (χ3v) is 3.10. The fourth-order valence-electron chi connectivity index (χ4n) is 0.826. The standard InChI is InChI=1S/C4H10O6S2/c1-11(5,6)10-4-2-9-12(7,8)3-4/h4,7-8H,2-3H2,1H3. The largest absolute Gasteiger partial charge is 0.308 e. The minimum atomic E-state index is -3.55. The van der Waals surface area contributed by atoms with E-state index >= 15 is 0 Å². The minimum Gasteiger partial charge on any atom is -0.308 e. The molecule has 12 heavy (non-hydrogen) atoms. The third-order valence-electron chi connectivity index (χ3n) is 1.16. The predicted octanol–water partition coefficient (Wildman–Crippen LogP) is 0.0270. The normalized spacial score (nSPS) is 31.8. The highest BCUT2D eigenvalue weighted by Gasteiger charge is 2.35. The lowest BCUT2D eigenvalue weighted by Gasteiger charge is -2.17. The van der Waals surface area contributed by atoms with Gasteiger partial charge in [-0.25, -0.2) is 0 Å². The lowest BCUT2D eigenvalue weighted by Crippen LogP contribution is -2.20. The Hall–Kier alpha value is 0.140. The van der Waals surface area contributed by atoms with Gasteiger partial charge in [-0.1, -0.05) is 0 Å². The van der Waals surface area contributed by atoms with E-state index in [0.717, 1.165) is 6.26 Å². The van der Waals surface area contributed by atoms with Gasteiger partial charge in [0.15, 0.2) is 0 Å². The summed E-state index contributed by atoms with van der Waals surface area (Å²) in [5.41, 5.74) is 0. The van der Waals surface area contributed by atoms with Gasteiger partial charge in [0.05, 0.1) is 29.5 Å². The zero-order valence-corrected chi connectivity index (χ0v) is 7.97. The van der Waals surface area contributed by atoms with Gasteiger partial charge in [-0.05, 0) is 0 Å². The number of hydrogen-bond acceptors (Lipinski definition) is 6. The second-order valence-corrected chi connectivity index (χ2v) is 5.86. The molecule has 0 aliphatic carbocycles. The summed E-state index contributed by atoms with van der Waals surface area (Å²) in [6.45, 7) is -0.102. The molecule has 6 nitrogen and oxygen atoms in total. The average Bonchev–Trinajstić information content (AvgIpc) is 2.05. The Kier molecular flexibility index (Phi) is 2.66. The molecule has 1 aliphatic heterocycles. The van der Waals surface area contributed by atoms with Crippen molar-refractivity contribution in [3.8, 4) is 0 Å². The maximum atomic E-state index is 10.6. The fourth-order valence-corrected chi connectivity index (χ4v) is 2.64. The molecule has 8 heteroatoms. The molecule has 0 bridgehead atoms. The monoisotopic (exact) mass is 218 g/mol. The Morgan fingerprint density at radius 1 is 1.58 bits per heavy atom. The average molecular weight is 218 g/mol. The van der Waals surface area contributed by atoms with Crippen LogP contribution in [0.5, 0.6) is 0 Å². The second kappa shape index (κ2) is 3.13. The van der Waals surface area contributed by atoms with Gasteiger partial charge in [0, 0.05) is 0 Å². The molecule has 1 unspecified atom stereocenters. The second-order valence-electron chi connectivity index (χ2n) is 2.48. The van der Waals surface area contributed by atoms with E-state index in [-0.39, 0.29) is 12.4 Å². The lowest BCUT2D eigenvalue weighted by molar-refractivity contribution is 0.182. The molecule has 74 valence electrons. The Morgan fingerprint density at radius 2 is 2.17 bits per heavy atom. The summed E-state index contributed by atoms with van der Waals surface area (Å²) in [6, 6.07) is 0. The van der Waals surface area contributed by atoms with Gasteiger partial charge in [0.1, 0.15) is 6.10 Å². The van der Waals surface area contributed by atoms with Gasteiger partial charge in [0.2, 0.25) is 0 Å². The molecule has 0 amide bonds. The smallest absolute Gasteiger partial charge is 0.264 e. The first-order valence-electron chi connectivity index (χ1n) is 3.07. The number of rotatable bonds is 2. The molecular weight excluding hydrogens is 208 g/mol. The van der Waals surface area contributed by atoms with Crippen molar-refractivity contribution in [2.24, 2.45) is 0 Å². The summed E-state index contributed by atoms with van der Waals surface area (Å²) in [6.07, 6.45) is 0.127. The summed E-state index contributed by atoms with van der Waals surface area (Å²) in [4.78, 5) is 0. The van der Waals surface area contributed by atoms with Crippen LogP contribution in [-0.4, -0.2) is 42.2 Å². The van der Waals surface area contributed by atoms with Crippen molar-refractivity contribution in [2.75, 3.05) is 18.6 Å². The summed E-state index contributed by atoms with van der Waals surface area (Å²) < 4.78 is 47.9. The van der Waals surface area contributed by atoms with Crippen molar-refractivity contribution < 1.29 is 25.9 Å². The molecular formula is C4H10O6S2. The Morgan fingerprint density at radius 3 is 2.50 bits per heavy atom. The van der Waals surface area contributed by atoms with Crippen LogP contribution in [0.25, 0.3) is 0 Å². The molecule has 0 spiro atoms. The lowest BCUT2D eigenvalue weighted by atomic mass is 10.5. The molecule has 0 aromatic heterocycles. The van der Waals surface area contributed by atoms with E-state index in [1.165, 1.54) is 0 Å². The maximum absolute atomic E-state index is 10.6. The quantitative estimate of drug-likeness (QED) is 0.635. The van der Waals surface area contributed by atoms with Crippen molar-refractivity contribution in [1.29, 1.82) is 0 Å². The molecule has 0 radical (unpaired) electrons. The highest BCUT2D eigenvalue weighted by atomic mass is 32.3. The van der Waals surface area contributed by atoms with Crippen molar-refractivity contribution >= 4 is 21.0 Å². The molecule has 1 aliphatic rings. The van der Waals surface area contributed by atoms with Gasteiger partial charge in [0.25, 0.3) is 10.1 Å². The van der Waals surface area contributed by atoms with Crippen LogP contribution in [-0.2, 0) is 18.5 Å². The molecule has 1 heterocycles. The van der Waals surface area contributed by atoms with E-state index in [1.807, 2.05) is 0 Å². The van der Waals surface area contributed by atoms with Crippen molar-refractivity contribution in [2.45, 2.75) is 6.10 Å². The van der Waals surface area contributed by atoms with E-state index < -0.39 is 27.1 Å². The maximum Gasteiger partial charge on any atom is 0.264 e. The highest BCUT2D eigenvalue weighted by molar-refractivity contribution is 8.20. The Balaban J connectivity index is 2.49. The molecule has 2 N–H and O–H groups in total. The van der Waals surface area contributed by atoms with E-state index in [0.29, 0.717) is 0 Å². The van der Waals surface area contributed by atoms with Gasteiger partial charge < -0.3 is 9.11 Å². The van der Waals surface area contributed by atoms with Crippen molar-refractivity contribution in [3.05, 3.63) is 0 Å². The Bertz CT molecular complexity index is 257. The van der Waals surface area contributed by atoms with Gasteiger partial charge in [-0.2, -0.15) is 8.42 Å².